The number of fused-ring (bicyclic) bond motifs is 2. The molecular weight excluding hydrogens is 234 g/mol. The van der Waals surface area contributed by atoms with Crippen molar-refractivity contribution >= 4 is 5.91 Å². The van der Waals surface area contributed by atoms with Crippen LogP contribution in [0.4, 0.5) is 0 Å². The maximum absolute atomic E-state index is 11.7. The van der Waals surface area contributed by atoms with Gasteiger partial charge < -0.3 is 5.73 Å². The molecule has 0 aromatic heterocycles. The van der Waals surface area contributed by atoms with Gasteiger partial charge in [0.1, 0.15) is 0 Å². The second-order valence-corrected chi connectivity index (χ2v) is 7.30. The molecule has 1 aromatic carbocycles. The van der Waals surface area contributed by atoms with Gasteiger partial charge in [-0.1, -0.05) is 39.0 Å². The minimum Gasteiger partial charge on any atom is -0.366 e. The fourth-order valence-electron chi connectivity index (χ4n) is 5.05. The highest BCUT2D eigenvalue weighted by molar-refractivity contribution is 5.94. The van der Waals surface area contributed by atoms with Gasteiger partial charge >= 0.3 is 0 Å². The van der Waals surface area contributed by atoms with Gasteiger partial charge in [0.25, 0.3) is 0 Å². The summed E-state index contributed by atoms with van der Waals surface area (Å²) >= 11 is 0. The summed E-state index contributed by atoms with van der Waals surface area (Å²) in [4.78, 5) is 11.7. The minimum absolute atomic E-state index is 0.262. The van der Waals surface area contributed by atoms with Crippen LogP contribution in [0.3, 0.4) is 0 Å². The van der Waals surface area contributed by atoms with Crippen molar-refractivity contribution in [3.63, 3.8) is 0 Å². The van der Waals surface area contributed by atoms with E-state index in [0.29, 0.717) is 16.9 Å². The Morgan fingerprint density at radius 2 is 1.95 bits per heavy atom. The van der Waals surface area contributed by atoms with E-state index in [0.717, 1.165) is 5.92 Å². The van der Waals surface area contributed by atoms with Crippen molar-refractivity contribution in [2.45, 2.75) is 46.0 Å². The molecule has 2 aliphatic carbocycles. The first kappa shape index (κ1) is 12.7. The summed E-state index contributed by atoms with van der Waals surface area (Å²) < 4.78 is 0. The second-order valence-electron chi connectivity index (χ2n) is 7.30. The third-order valence-corrected chi connectivity index (χ3v) is 5.81. The zero-order valence-corrected chi connectivity index (χ0v) is 12.1. The molecule has 2 N–H and O–H groups in total. The van der Waals surface area contributed by atoms with Gasteiger partial charge in [-0.05, 0) is 53.6 Å². The highest BCUT2D eigenvalue weighted by atomic mass is 16.1. The van der Waals surface area contributed by atoms with Gasteiger partial charge in [0, 0.05) is 5.56 Å². The summed E-state index contributed by atoms with van der Waals surface area (Å²) in [5.74, 6) is 0.934. The predicted molar refractivity (Wildman–Crippen MR) is 76.9 cm³/mol. The van der Waals surface area contributed by atoms with Gasteiger partial charge in [-0.2, -0.15) is 0 Å². The van der Waals surface area contributed by atoms with Gasteiger partial charge in [-0.25, -0.2) is 0 Å². The third-order valence-electron chi connectivity index (χ3n) is 5.81. The Balaban J connectivity index is 2.14. The normalized spacial score (nSPS) is 35.5. The first-order valence-corrected chi connectivity index (χ1v) is 7.25. The van der Waals surface area contributed by atoms with E-state index in [-0.39, 0.29) is 11.3 Å². The first-order chi connectivity index (χ1) is 8.86. The van der Waals surface area contributed by atoms with E-state index in [2.05, 4.69) is 26.8 Å². The van der Waals surface area contributed by atoms with Crippen LogP contribution in [-0.4, -0.2) is 5.91 Å². The lowest BCUT2D eigenvalue weighted by molar-refractivity contribution is 0.0990. The predicted octanol–water partition coefficient (Wildman–Crippen LogP) is 3.72. The quantitative estimate of drug-likeness (QED) is 0.862. The molecule has 2 heteroatoms. The lowest BCUT2D eigenvalue weighted by atomic mass is 9.61. The smallest absolute Gasteiger partial charge is 0.248 e. The molecule has 3 rings (SSSR count). The van der Waals surface area contributed by atoms with Crippen LogP contribution in [0.25, 0.3) is 0 Å². The number of carbonyl (C=O) groups is 1. The lowest BCUT2D eigenvalue weighted by Crippen LogP contribution is -2.34. The van der Waals surface area contributed by atoms with Crippen LogP contribution in [0.1, 0.15) is 61.9 Å². The molecule has 3 unspecified atom stereocenters. The number of rotatable bonds is 2. The van der Waals surface area contributed by atoms with Crippen LogP contribution in [-0.2, 0) is 0 Å². The number of hydrogen-bond acceptors (Lipinski definition) is 1. The van der Waals surface area contributed by atoms with Crippen molar-refractivity contribution in [3.8, 4) is 0 Å². The highest BCUT2D eigenvalue weighted by Crippen LogP contribution is 2.69. The van der Waals surface area contributed by atoms with Crippen LogP contribution in [0.15, 0.2) is 24.3 Å². The van der Waals surface area contributed by atoms with Gasteiger partial charge in [-0.15, -0.1) is 0 Å². The van der Waals surface area contributed by atoms with Crippen molar-refractivity contribution in [2.75, 3.05) is 0 Å². The largest absolute Gasteiger partial charge is 0.366 e. The Bertz CT molecular complexity index is 529. The van der Waals surface area contributed by atoms with Crippen LogP contribution >= 0.6 is 0 Å². The molecule has 1 amide bonds. The first-order valence-electron chi connectivity index (χ1n) is 7.25. The molecule has 0 spiro atoms. The number of amides is 1. The molecule has 102 valence electrons. The van der Waals surface area contributed by atoms with Gasteiger partial charge in [0.05, 0.1) is 0 Å². The molecule has 0 aliphatic heterocycles. The van der Waals surface area contributed by atoms with E-state index in [1.807, 2.05) is 18.2 Å². The zero-order valence-electron chi connectivity index (χ0n) is 12.1. The van der Waals surface area contributed by atoms with E-state index < -0.39 is 0 Å². The third kappa shape index (κ3) is 1.65. The van der Waals surface area contributed by atoms with Crippen molar-refractivity contribution < 1.29 is 4.79 Å². The van der Waals surface area contributed by atoms with E-state index >= 15 is 0 Å². The number of carbonyl (C=O) groups excluding carboxylic acids is 1. The van der Waals surface area contributed by atoms with Crippen molar-refractivity contribution in [1.29, 1.82) is 0 Å². The van der Waals surface area contributed by atoms with E-state index in [4.69, 9.17) is 5.73 Å². The molecule has 2 nitrogen and oxygen atoms in total. The summed E-state index contributed by atoms with van der Waals surface area (Å²) in [6, 6.07) is 7.93. The summed E-state index contributed by atoms with van der Waals surface area (Å²) in [7, 11) is 0. The Hall–Kier alpha value is -1.31. The summed E-state index contributed by atoms with van der Waals surface area (Å²) in [6.45, 7) is 7.12. The number of primary amides is 1. The highest BCUT2D eigenvalue weighted by Gasteiger charge is 2.59. The molecule has 2 fully saturated rings. The van der Waals surface area contributed by atoms with Gasteiger partial charge in [0.15, 0.2) is 0 Å². The van der Waals surface area contributed by atoms with Crippen LogP contribution in [0.2, 0.25) is 0 Å². The topological polar surface area (TPSA) is 43.1 Å². The Morgan fingerprint density at radius 1 is 1.26 bits per heavy atom. The molecule has 19 heavy (non-hydrogen) atoms. The van der Waals surface area contributed by atoms with Gasteiger partial charge in [0.2, 0.25) is 5.91 Å². The fraction of sp³-hybridized carbons (Fsp3) is 0.588. The minimum atomic E-state index is -0.294. The molecule has 0 radical (unpaired) electrons. The summed E-state index contributed by atoms with van der Waals surface area (Å²) in [5.41, 5.74) is 8.06. The average molecular weight is 257 g/mol. The average Bonchev–Trinajstić information content (AvgIpc) is 2.80. The van der Waals surface area contributed by atoms with Crippen molar-refractivity contribution in [3.05, 3.63) is 35.4 Å². The standard InChI is InChI=1S/C17H23NO/c1-16(2)11-8-9-17(3,10-11)14(16)12-6-4-5-7-13(12)15(18)19/h4-7,11,14H,8-10H2,1-3H3,(H2,18,19). The molecule has 2 aliphatic rings. The van der Waals surface area contributed by atoms with E-state index in [1.165, 1.54) is 24.8 Å². The molecule has 0 heterocycles. The van der Waals surface area contributed by atoms with E-state index in [9.17, 15) is 4.79 Å². The SMILES string of the molecule is CC12CCC(C1)C(C)(C)C2c1ccccc1C(N)=O. The van der Waals surface area contributed by atoms with Crippen LogP contribution in [0.5, 0.6) is 0 Å². The molecule has 2 saturated carbocycles. The van der Waals surface area contributed by atoms with Crippen molar-refractivity contribution in [1.82, 2.24) is 0 Å². The number of nitrogens with two attached hydrogens (primary N) is 1. The fourth-order valence-corrected chi connectivity index (χ4v) is 5.05. The maximum Gasteiger partial charge on any atom is 0.248 e. The number of hydrogen-bond donors (Lipinski definition) is 1. The van der Waals surface area contributed by atoms with E-state index in [1.54, 1.807) is 0 Å². The zero-order chi connectivity index (χ0) is 13.8. The molecule has 2 bridgehead atoms. The second kappa shape index (κ2) is 3.84. The van der Waals surface area contributed by atoms with Gasteiger partial charge in [-0.3, -0.25) is 4.79 Å². The number of benzene rings is 1. The summed E-state index contributed by atoms with van der Waals surface area (Å²) in [5, 5.41) is 0. The monoisotopic (exact) mass is 257 g/mol. The maximum atomic E-state index is 11.7. The van der Waals surface area contributed by atoms with Crippen LogP contribution < -0.4 is 5.73 Å². The molecule has 1 aromatic rings. The Morgan fingerprint density at radius 3 is 2.53 bits per heavy atom. The molecular formula is C17H23NO. The molecule has 3 atom stereocenters. The molecule has 0 saturated heterocycles. The van der Waals surface area contributed by atoms with Crippen molar-refractivity contribution in [2.24, 2.45) is 22.5 Å². The Labute approximate surface area is 115 Å². The lowest BCUT2D eigenvalue weighted by Gasteiger charge is -2.43. The summed E-state index contributed by atoms with van der Waals surface area (Å²) in [6.07, 6.45) is 3.90. The van der Waals surface area contributed by atoms with Crippen LogP contribution in [0, 0.1) is 16.7 Å². The Kier molecular flexibility index (Phi) is 2.57.